The fourth-order valence-electron chi connectivity index (χ4n) is 0.848. The third kappa shape index (κ3) is 2.38. The third-order valence-electron chi connectivity index (χ3n) is 1.58. The number of alkyl halides is 1. The third-order valence-corrected chi connectivity index (χ3v) is 2.57. The van der Waals surface area contributed by atoms with Crippen LogP contribution in [-0.2, 0) is 0 Å². The molecule has 0 aliphatic rings. The van der Waals surface area contributed by atoms with Crippen molar-refractivity contribution in [2.24, 2.45) is 5.73 Å². The van der Waals surface area contributed by atoms with Crippen molar-refractivity contribution < 1.29 is 9.13 Å². The molecule has 0 aromatic carbocycles. The minimum absolute atomic E-state index is 0.460. The highest BCUT2D eigenvalue weighted by Crippen LogP contribution is 2.33. The smallest absolute Gasteiger partial charge is 0.273 e. The van der Waals surface area contributed by atoms with E-state index < -0.39 is 11.7 Å². The van der Waals surface area contributed by atoms with E-state index >= 15 is 0 Å². The summed E-state index contributed by atoms with van der Waals surface area (Å²) in [5, 5.41) is 0.460. The van der Waals surface area contributed by atoms with Crippen molar-refractivity contribution in [1.82, 2.24) is 4.98 Å². The average Bonchev–Trinajstić information content (AvgIpc) is 2.48. The Kier molecular flexibility index (Phi) is 2.87. The first-order valence-corrected chi connectivity index (χ1v) is 4.69. The van der Waals surface area contributed by atoms with Crippen LogP contribution in [-0.4, -0.2) is 17.6 Å². The van der Waals surface area contributed by atoms with Gasteiger partial charge >= 0.3 is 0 Å². The molecule has 1 aromatic heterocycles. The molecule has 1 rings (SSSR count). The Morgan fingerprint density at radius 1 is 1.69 bits per heavy atom. The van der Waals surface area contributed by atoms with Crippen molar-refractivity contribution in [1.29, 1.82) is 0 Å². The van der Waals surface area contributed by atoms with Gasteiger partial charge in [-0.2, -0.15) is 0 Å². The second-order valence-electron chi connectivity index (χ2n) is 3.42. The SMILES string of the molecule is COc1ncc(C(F)C(C)(C)N)s1. The summed E-state index contributed by atoms with van der Waals surface area (Å²) in [6.07, 6.45) is 0.261. The van der Waals surface area contributed by atoms with Gasteiger partial charge in [0, 0.05) is 11.7 Å². The Morgan fingerprint density at radius 3 is 2.69 bits per heavy atom. The molecule has 0 radical (unpaired) electrons. The molecular weight excluding hydrogens is 191 g/mol. The number of nitrogens with two attached hydrogens (primary N) is 1. The van der Waals surface area contributed by atoms with Crippen LogP contribution in [0.15, 0.2) is 6.20 Å². The Labute approximate surface area is 80.7 Å². The summed E-state index contributed by atoms with van der Waals surface area (Å²) in [5.74, 6) is 0. The van der Waals surface area contributed by atoms with Gasteiger partial charge in [0.1, 0.15) is 0 Å². The molecule has 74 valence electrons. The number of hydrogen-bond acceptors (Lipinski definition) is 4. The Hall–Kier alpha value is -0.680. The summed E-state index contributed by atoms with van der Waals surface area (Å²) >= 11 is 1.18. The lowest BCUT2D eigenvalue weighted by atomic mass is 10.00. The molecular formula is C8H13FN2OS. The van der Waals surface area contributed by atoms with Gasteiger partial charge in [0.2, 0.25) is 0 Å². The van der Waals surface area contributed by atoms with Gasteiger partial charge in [0.05, 0.1) is 12.0 Å². The molecule has 2 N–H and O–H groups in total. The minimum atomic E-state index is -1.20. The molecule has 0 saturated heterocycles. The van der Waals surface area contributed by atoms with Gasteiger partial charge in [-0.05, 0) is 13.8 Å². The molecule has 1 unspecified atom stereocenters. The first-order valence-electron chi connectivity index (χ1n) is 3.88. The quantitative estimate of drug-likeness (QED) is 0.818. The van der Waals surface area contributed by atoms with Crippen LogP contribution in [0, 0.1) is 0 Å². The first-order chi connectivity index (χ1) is 5.95. The summed E-state index contributed by atoms with van der Waals surface area (Å²) in [4.78, 5) is 4.37. The van der Waals surface area contributed by atoms with Crippen molar-refractivity contribution in [3.8, 4) is 5.19 Å². The van der Waals surface area contributed by atoms with Crippen molar-refractivity contribution >= 4 is 11.3 Å². The fourth-order valence-corrected chi connectivity index (χ4v) is 1.75. The Bertz CT molecular complexity index is 282. The number of rotatable bonds is 3. The van der Waals surface area contributed by atoms with Crippen LogP contribution < -0.4 is 10.5 Å². The standard InChI is InChI=1S/C8H13FN2OS/c1-8(2,10)6(9)5-4-11-7(12-3)13-5/h4,6H,10H2,1-3H3. The molecule has 13 heavy (non-hydrogen) atoms. The fraction of sp³-hybridized carbons (Fsp3) is 0.625. The van der Waals surface area contributed by atoms with Gasteiger partial charge < -0.3 is 10.5 Å². The maximum absolute atomic E-state index is 13.6. The summed E-state index contributed by atoms with van der Waals surface area (Å²) in [6, 6.07) is 0. The Morgan fingerprint density at radius 2 is 2.31 bits per heavy atom. The van der Waals surface area contributed by atoms with Crippen LogP contribution in [0.25, 0.3) is 0 Å². The van der Waals surface area contributed by atoms with E-state index in [1.807, 2.05) is 0 Å². The number of thiazole rings is 1. The lowest BCUT2D eigenvalue weighted by Crippen LogP contribution is -2.36. The minimum Gasteiger partial charge on any atom is -0.473 e. The molecule has 0 bridgehead atoms. The van der Waals surface area contributed by atoms with E-state index in [1.54, 1.807) is 13.8 Å². The number of nitrogens with zero attached hydrogens (tertiary/aromatic N) is 1. The van der Waals surface area contributed by atoms with E-state index in [0.717, 1.165) is 0 Å². The van der Waals surface area contributed by atoms with Crippen LogP contribution in [0.3, 0.4) is 0 Å². The van der Waals surface area contributed by atoms with Gasteiger partial charge in [-0.1, -0.05) is 11.3 Å². The maximum atomic E-state index is 13.6. The van der Waals surface area contributed by atoms with Crippen molar-refractivity contribution in [3.05, 3.63) is 11.1 Å². The van der Waals surface area contributed by atoms with Gasteiger partial charge in [-0.25, -0.2) is 9.37 Å². The number of hydrogen-bond donors (Lipinski definition) is 1. The summed E-state index contributed by atoms with van der Waals surface area (Å²) in [5.41, 5.74) is 4.75. The summed E-state index contributed by atoms with van der Waals surface area (Å²) in [6.45, 7) is 3.29. The molecule has 0 saturated carbocycles. The van der Waals surface area contributed by atoms with Gasteiger partial charge in [0.15, 0.2) is 6.17 Å². The van der Waals surface area contributed by atoms with Gasteiger partial charge in [0.25, 0.3) is 5.19 Å². The van der Waals surface area contributed by atoms with E-state index in [4.69, 9.17) is 10.5 Å². The van der Waals surface area contributed by atoms with E-state index in [1.165, 1.54) is 24.6 Å². The molecule has 0 spiro atoms. The molecule has 0 amide bonds. The predicted molar refractivity (Wildman–Crippen MR) is 50.8 cm³/mol. The average molecular weight is 204 g/mol. The van der Waals surface area contributed by atoms with Crippen LogP contribution >= 0.6 is 11.3 Å². The molecule has 1 aromatic rings. The van der Waals surface area contributed by atoms with E-state index in [9.17, 15) is 4.39 Å². The van der Waals surface area contributed by atoms with Crippen molar-refractivity contribution in [2.45, 2.75) is 25.6 Å². The predicted octanol–water partition coefficient (Wildman–Crippen LogP) is 1.90. The molecule has 5 heteroatoms. The molecule has 0 aliphatic carbocycles. The largest absolute Gasteiger partial charge is 0.473 e. The zero-order chi connectivity index (χ0) is 10.1. The van der Waals surface area contributed by atoms with Crippen molar-refractivity contribution in [2.75, 3.05) is 7.11 Å². The molecule has 0 aliphatic heterocycles. The monoisotopic (exact) mass is 204 g/mol. The second-order valence-corrected chi connectivity index (χ2v) is 4.44. The topological polar surface area (TPSA) is 48.1 Å². The highest BCUT2D eigenvalue weighted by molar-refractivity contribution is 7.13. The number of methoxy groups -OCH3 is 1. The van der Waals surface area contributed by atoms with Crippen LogP contribution in [0.1, 0.15) is 24.9 Å². The molecule has 1 heterocycles. The number of halogens is 1. The number of ether oxygens (including phenoxy) is 1. The van der Waals surface area contributed by atoms with Gasteiger partial charge in [-0.15, -0.1) is 0 Å². The highest BCUT2D eigenvalue weighted by atomic mass is 32.1. The van der Waals surface area contributed by atoms with E-state index in [-0.39, 0.29) is 0 Å². The maximum Gasteiger partial charge on any atom is 0.273 e. The van der Waals surface area contributed by atoms with E-state index in [0.29, 0.717) is 10.1 Å². The highest BCUT2D eigenvalue weighted by Gasteiger charge is 2.28. The first kappa shape index (κ1) is 10.4. The molecule has 0 fully saturated rings. The van der Waals surface area contributed by atoms with Crippen LogP contribution in [0.2, 0.25) is 0 Å². The van der Waals surface area contributed by atoms with Gasteiger partial charge in [-0.3, -0.25) is 0 Å². The number of aromatic nitrogens is 1. The second kappa shape index (κ2) is 3.59. The lowest BCUT2D eigenvalue weighted by molar-refractivity contribution is 0.227. The van der Waals surface area contributed by atoms with Crippen molar-refractivity contribution in [3.63, 3.8) is 0 Å². The summed E-state index contributed by atoms with van der Waals surface area (Å²) < 4.78 is 18.4. The van der Waals surface area contributed by atoms with E-state index in [2.05, 4.69) is 4.98 Å². The normalized spacial score (nSPS) is 14.2. The molecule has 3 nitrogen and oxygen atoms in total. The summed E-state index contributed by atoms with van der Waals surface area (Å²) in [7, 11) is 1.50. The lowest BCUT2D eigenvalue weighted by Gasteiger charge is -2.21. The van der Waals surface area contributed by atoms with Crippen LogP contribution in [0.4, 0.5) is 4.39 Å². The zero-order valence-corrected chi connectivity index (χ0v) is 8.69. The Balaban J connectivity index is 2.83. The van der Waals surface area contributed by atoms with Crippen LogP contribution in [0.5, 0.6) is 5.19 Å². The molecule has 1 atom stereocenters. The zero-order valence-electron chi connectivity index (χ0n) is 7.87.